The number of hydrogen-bond acceptors (Lipinski definition) is 4. The van der Waals surface area contributed by atoms with E-state index in [1.165, 1.54) is 49.6 Å². The highest BCUT2D eigenvalue weighted by Gasteiger charge is 2.14. The normalized spacial score (nSPS) is 11.1. The van der Waals surface area contributed by atoms with Crippen LogP contribution in [-0.4, -0.2) is 26.2 Å². The molecule has 0 aliphatic heterocycles. The Hall–Kier alpha value is -3.23. The molecule has 0 bridgehead atoms. The van der Waals surface area contributed by atoms with Gasteiger partial charge in [-0.1, -0.05) is 12.1 Å². The molecule has 2 rings (SSSR count). The fraction of sp³-hybridized carbons (Fsp3) is 0.167. The second kappa shape index (κ2) is 9.46. The number of anilines is 1. The van der Waals surface area contributed by atoms with Crippen LogP contribution in [0.25, 0.3) is 6.08 Å². The molecule has 2 aromatic carbocycles. The van der Waals surface area contributed by atoms with Crippen LogP contribution >= 0.6 is 0 Å². The zero-order valence-electron chi connectivity index (χ0n) is 14.0. The average Bonchev–Trinajstić information content (AvgIpc) is 2.61. The standard InChI is InChI=1S/C18H15F4NO4/c1-25-14-4-2-3-11(16(14)27-18(21)22)5-10-15(24)23-12-6-8-13(9-7-12)26-17(19)20/h2-10,17-18H,1H3,(H,23,24)/b10-5+. The minimum atomic E-state index is -3.06. The molecule has 27 heavy (non-hydrogen) atoms. The lowest BCUT2D eigenvalue weighted by molar-refractivity contribution is -0.111. The minimum Gasteiger partial charge on any atom is -0.493 e. The van der Waals surface area contributed by atoms with E-state index in [4.69, 9.17) is 4.74 Å². The monoisotopic (exact) mass is 385 g/mol. The van der Waals surface area contributed by atoms with Crippen molar-refractivity contribution < 1.29 is 36.6 Å². The lowest BCUT2D eigenvalue weighted by Crippen LogP contribution is -2.08. The summed E-state index contributed by atoms with van der Waals surface area (Å²) in [5, 5.41) is 2.49. The van der Waals surface area contributed by atoms with E-state index in [0.717, 1.165) is 6.08 Å². The summed E-state index contributed by atoms with van der Waals surface area (Å²) in [6.45, 7) is -6.00. The largest absolute Gasteiger partial charge is 0.493 e. The number of nitrogens with one attached hydrogen (secondary N) is 1. The van der Waals surface area contributed by atoms with E-state index >= 15 is 0 Å². The number of rotatable bonds is 8. The van der Waals surface area contributed by atoms with Crippen molar-refractivity contribution in [3.8, 4) is 17.2 Å². The highest BCUT2D eigenvalue weighted by atomic mass is 19.3. The van der Waals surface area contributed by atoms with Gasteiger partial charge < -0.3 is 19.5 Å². The maximum absolute atomic E-state index is 12.6. The molecule has 0 aliphatic rings. The van der Waals surface area contributed by atoms with Gasteiger partial charge in [0.2, 0.25) is 5.91 Å². The van der Waals surface area contributed by atoms with Gasteiger partial charge in [-0.15, -0.1) is 0 Å². The summed E-state index contributed by atoms with van der Waals surface area (Å²) in [5.74, 6) is -0.730. The predicted molar refractivity (Wildman–Crippen MR) is 90.4 cm³/mol. The molecule has 0 aromatic heterocycles. The molecule has 5 nitrogen and oxygen atoms in total. The van der Waals surface area contributed by atoms with E-state index < -0.39 is 19.1 Å². The number of halogens is 4. The van der Waals surface area contributed by atoms with Crippen LogP contribution in [-0.2, 0) is 4.79 Å². The number of amides is 1. The highest BCUT2D eigenvalue weighted by Crippen LogP contribution is 2.33. The number of para-hydroxylation sites is 1. The second-order valence-electron chi connectivity index (χ2n) is 4.98. The van der Waals surface area contributed by atoms with Crippen molar-refractivity contribution >= 4 is 17.7 Å². The number of carbonyl (C=O) groups is 1. The molecule has 9 heteroatoms. The maximum atomic E-state index is 12.6. The SMILES string of the molecule is COc1cccc(/C=C/C(=O)Nc2ccc(OC(F)F)cc2)c1OC(F)F. The number of carbonyl (C=O) groups excluding carboxylic acids is 1. The van der Waals surface area contributed by atoms with Crippen LogP contribution in [0.4, 0.5) is 23.2 Å². The van der Waals surface area contributed by atoms with Gasteiger partial charge in [-0.3, -0.25) is 4.79 Å². The Bertz CT molecular complexity index is 794. The minimum absolute atomic E-state index is 0.0521. The van der Waals surface area contributed by atoms with Crippen LogP contribution in [0.1, 0.15) is 5.56 Å². The molecule has 0 unspecified atom stereocenters. The molecule has 0 heterocycles. The number of methoxy groups -OCH3 is 1. The summed E-state index contributed by atoms with van der Waals surface area (Å²) >= 11 is 0. The Balaban J connectivity index is 2.08. The lowest BCUT2D eigenvalue weighted by atomic mass is 10.1. The van der Waals surface area contributed by atoms with Crippen molar-refractivity contribution in [3.05, 3.63) is 54.1 Å². The maximum Gasteiger partial charge on any atom is 0.387 e. The molecule has 2 aromatic rings. The zero-order valence-corrected chi connectivity index (χ0v) is 14.0. The van der Waals surface area contributed by atoms with Gasteiger partial charge in [0.25, 0.3) is 0 Å². The van der Waals surface area contributed by atoms with Crippen molar-refractivity contribution in [2.24, 2.45) is 0 Å². The first-order valence-electron chi connectivity index (χ1n) is 7.55. The third kappa shape index (κ3) is 6.21. The van der Waals surface area contributed by atoms with E-state index in [-0.39, 0.29) is 22.8 Å². The van der Waals surface area contributed by atoms with Gasteiger partial charge in [0.1, 0.15) is 5.75 Å². The average molecular weight is 385 g/mol. The number of benzene rings is 2. The highest BCUT2D eigenvalue weighted by molar-refractivity contribution is 6.02. The molecule has 0 aliphatic carbocycles. The summed E-state index contributed by atoms with van der Waals surface area (Å²) in [6.07, 6.45) is 2.39. The summed E-state index contributed by atoms with van der Waals surface area (Å²) in [6, 6.07) is 9.75. The molecule has 0 spiro atoms. The lowest BCUT2D eigenvalue weighted by Gasteiger charge is -2.12. The summed E-state index contributed by atoms with van der Waals surface area (Å²) in [7, 11) is 1.30. The van der Waals surface area contributed by atoms with Crippen molar-refractivity contribution in [3.63, 3.8) is 0 Å². The van der Waals surface area contributed by atoms with Crippen LogP contribution in [0, 0.1) is 0 Å². The van der Waals surface area contributed by atoms with Crippen molar-refractivity contribution in [1.29, 1.82) is 0 Å². The smallest absolute Gasteiger partial charge is 0.387 e. The molecule has 0 saturated heterocycles. The van der Waals surface area contributed by atoms with E-state index in [1.807, 2.05) is 0 Å². The van der Waals surface area contributed by atoms with Gasteiger partial charge in [-0.2, -0.15) is 17.6 Å². The van der Waals surface area contributed by atoms with Crippen molar-refractivity contribution in [1.82, 2.24) is 0 Å². The van der Waals surface area contributed by atoms with Gasteiger partial charge in [-0.25, -0.2) is 0 Å². The van der Waals surface area contributed by atoms with Gasteiger partial charge in [0, 0.05) is 17.3 Å². The van der Waals surface area contributed by atoms with Gasteiger partial charge in [-0.05, 0) is 36.4 Å². The molecule has 144 valence electrons. The Labute approximate surface area is 152 Å². The van der Waals surface area contributed by atoms with E-state index in [9.17, 15) is 22.4 Å². The van der Waals surface area contributed by atoms with Crippen molar-refractivity contribution in [2.45, 2.75) is 13.2 Å². The van der Waals surface area contributed by atoms with Crippen LogP contribution < -0.4 is 19.5 Å². The topological polar surface area (TPSA) is 56.8 Å². The van der Waals surface area contributed by atoms with Gasteiger partial charge >= 0.3 is 13.2 Å². The summed E-state index contributed by atoms with van der Waals surface area (Å²) < 4.78 is 63.0. The molecule has 0 atom stereocenters. The predicted octanol–water partition coefficient (Wildman–Crippen LogP) is 4.55. The zero-order chi connectivity index (χ0) is 19.8. The van der Waals surface area contributed by atoms with Crippen LogP contribution in [0.3, 0.4) is 0 Å². The van der Waals surface area contributed by atoms with Gasteiger partial charge in [0.05, 0.1) is 7.11 Å². The van der Waals surface area contributed by atoms with E-state index in [0.29, 0.717) is 5.69 Å². The molecule has 1 N–H and O–H groups in total. The van der Waals surface area contributed by atoms with Crippen LogP contribution in [0.5, 0.6) is 17.2 Å². The molecular weight excluding hydrogens is 370 g/mol. The fourth-order valence-corrected chi connectivity index (χ4v) is 2.11. The quantitative estimate of drug-likeness (QED) is 0.535. The van der Waals surface area contributed by atoms with E-state index in [2.05, 4.69) is 14.8 Å². The number of hydrogen-bond donors (Lipinski definition) is 1. The first kappa shape index (κ1) is 20.1. The van der Waals surface area contributed by atoms with Gasteiger partial charge in [0.15, 0.2) is 11.5 Å². The van der Waals surface area contributed by atoms with E-state index in [1.54, 1.807) is 6.07 Å². The first-order chi connectivity index (χ1) is 12.9. The molecule has 0 radical (unpaired) electrons. The third-order valence-corrected chi connectivity index (χ3v) is 3.20. The summed E-state index contributed by atoms with van der Waals surface area (Å²) in [5.41, 5.74) is 0.548. The molecule has 0 fully saturated rings. The van der Waals surface area contributed by atoms with Crippen LogP contribution in [0.15, 0.2) is 48.5 Å². The number of ether oxygens (including phenoxy) is 3. The Morgan fingerprint density at radius 2 is 1.67 bits per heavy atom. The Kier molecular flexibility index (Phi) is 7.04. The number of alkyl halides is 4. The molecular formula is C18H15F4NO4. The second-order valence-corrected chi connectivity index (χ2v) is 4.98. The Morgan fingerprint density at radius 3 is 2.26 bits per heavy atom. The fourth-order valence-electron chi connectivity index (χ4n) is 2.11. The molecule has 1 amide bonds. The third-order valence-electron chi connectivity index (χ3n) is 3.20. The van der Waals surface area contributed by atoms with Crippen molar-refractivity contribution in [2.75, 3.05) is 12.4 Å². The first-order valence-corrected chi connectivity index (χ1v) is 7.55. The molecule has 0 saturated carbocycles. The summed E-state index contributed by atoms with van der Waals surface area (Å²) in [4.78, 5) is 12.0. The Morgan fingerprint density at radius 1 is 1.00 bits per heavy atom. The van der Waals surface area contributed by atoms with Crippen LogP contribution in [0.2, 0.25) is 0 Å².